The van der Waals surface area contributed by atoms with Crippen LogP contribution in [0.15, 0.2) is 48.5 Å². The van der Waals surface area contributed by atoms with Gasteiger partial charge in [0.25, 0.3) is 5.91 Å². The van der Waals surface area contributed by atoms with Gasteiger partial charge < -0.3 is 4.90 Å². The summed E-state index contributed by atoms with van der Waals surface area (Å²) in [5.41, 5.74) is 2.92. The summed E-state index contributed by atoms with van der Waals surface area (Å²) in [7, 11) is 0. The number of carbonyl (C=O) groups excluding carboxylic acids is 1. The highest BCUT2D eigenvalue weighted by molar-refractivity contribution is 6.30. The van der Waals surface area contributed by atoms with Crippen LogP contribution in [0, 0.1) is 0 Å². The van der Waals surface area contributed by atoms with Gasteiger partial charge in [0.1, 0.15) is 0 Å². The van der Waals surface area contributed by atoms with Gasteiger partial charge in [-0.1, -0.05) is 44.5 Å². The zero-order valence-electron chi connectivity index (χ0n) is 18.1. The van der Waals surface area contributed by atoms with Gasteiger partial charge in [0.2, 0.25) is 0 Å². The molecule has 0 radical (unpaired) electrons. The Hall–Kier alpha value is -2.77. The molecule has 2 aromatic carbocycles. The third-order valence-corrected chi connectivity index (χ3v) is 5.88. The molecular formula is C23H27ClN6O. The standard InChI is InChI=1S/C23H27ClN6O/c1-23(2,3)18-6-4-17(5-7-18)22(31)29-14-12-28(13-15-29)16-21-25-26-27-30(21)20-10-8-19(24)9-11-20/h4-11H,12-16H2,1-3H3. The van der Waals surface area contributed by atoms with Crippen molar-refractivity contribution in [2.24, 2.45) is 0 Å². The first kappa shape index (κ1) is 21.5. The molecule has 8 heteroatoms. The van der Waals surface area contributed by atoms with E-state index < -0.39 is 0 Å². The molecule has 4 rings (SSSR count). The molecule has 1 aliphatic heterocycles. The molecule has 1 fully saturated rings. The van der Waals surface area contributed by atoms with E-state index in [4.69, 9.17) is 11.6 Å². The molecule has 1 aliphatic rings. The average Bonchev–Trinajstić information content (AvgIpc) is 3.22. The van der Waals surface area contributed by atoms with Gasteiger partial charge in [-0.25, -0.2) is 0 Å². The highest BCUT2D eigenvalue weighted by Crippen LogP contribution is 2.23. The number of piperazine rings is 1. The minimum absolute atomic E-state index is 0.0780. The maximum Gasteiger partial charge on any atom is 0.253 e. The minimum Gasteiger partial charge on any atom is -0.336 e. The third kappa shape index (κ3) is 4.94. The quantitative estimate of drug-likeness (QED) is 0.623. The molecular weight excluding hydrogens is 412 g/mol. The largest absolute Gasteiger partial charge is 0.336 e. The maximum absolute atomic E-state index is 12.9. The number of tetrazole rings is 1. The molecule has 0 spiro atoms. The number of amides is 1. The van der Waals surface area contributed by atoms with Crippen molar-refractivity contribution in [2.75, 3.05) is 26.2 Å². The van der Waals surface area contributed by atoms with Gasteiger partial charge in [-0.15, -0.1) is 5.10 Å². The number of nitrogens with zero attached hydrogens (tertiary/aromatic N) is 6. The SMILES string of the molecule is CC(C)(C)c1ccc(C(=O)N2CCN(Cc3nnnn3-c3ccc(Cl)cc3)CC2)cc1. The normalized spacial score (nSPS) is 15.3. The van der Waals surface area contributed by atoms with Gasteiger partial charge in [-0.3, -0.25) is 9.69 Å². The molecule has 0 saturated carbocycles. The number of hydrogen-bond acceptors (Lipinski definition) is 5. The Labute approximate surface area is 187 Å². The molecule has 1 amide bonds. The van der Waals surface area contributed by atoms with Crippen molar-refractivity contribution in [1.82, 2.24) is 30.0 Å². The lowest BCUT2D eigenvalue weighted by molar-refractivity contribution is 0.0624. The van der Waals surface area contributed by atoms with E-state index in [1.165, 1.54) is 5.56 Å². The first-order valence-electron chi connectivity index (χ1n) is 10.5. The lowest BCUT2D eigenvalue weighted by atomic mass is 9.86. The van der Waals surface area contributed by atoms with Crippen LogP contribution in [-0.2, 0) is 12.0 Å². The molecule has 3 aromatic rings. The minimum atomic E-state index is 0.0780. The van der Waals surface area contributed by atoms with Gasteiger partial charge in [0, 0.05) is 36.8 Å². The van der Waals surface area contributed by atoms with Crippen LogP contribution >= 0.6 is 11.6 Å². The number of rotatable bonds is 4. The van der Waals surface area contributed by atoms with E-state index in [1.54, 1.807) is 4.68 Å². The first-order chi connectivity index (χ1) is 14.8. The van der Waals surface area contributed by atoms with Gasteiger partial charge in [-0.05, 0) is 57.8 Å². The lowest BCUT2D eigenvalue weighted by Crippen LogP contribution is -2.48. The zero-order valence-corrected chi connectivity index (χ0v) is 18.9. The van der Waals surface area contributed by atoms with E-state index >= 15 is 0 Å². The van der Waals surface area contributed by atoms with E-state index in [0.29, 0.717) is 24.7 Å². The van der Waals surface area contributed by atoms with Gasteiger partial charge >= 0.3 is 0 Å². The van der Waals surface area contributed by atoms with Crippen LogP contribution in [0.1, 0.15) is 42.5 Å². The summed E-state index contributed by atoms with van der Waals surface area (Å²) < 4.78 is 1.73. The van der Waals surface area contributed by atoms with E-state index in [2.05, 4.69) is 53.3 Å². The molecule has 2 heterocycles. The van der Waals surface area contributed by atoms with Crippen molar-refractivity contribution in [3.8, 4) is 5.69 Å². The molecule has 1 saturated heterocycles. The number of carbonyl (C=O) groups is 1. The Morgan fingerprint density at radius 1 is 0.968 bits per heavy atom. The van der Waals surface area contributed by atoms with E-state index in [-0.39, 0.29) is 11.3 Å². The Bertz CT molecular complexity index is 1030. The van der Waals surface area contributed by atoms with Crippen LogP contribution in [0.5, 0.6) is 0 Å². The third-order valence-electron chi connectivity index (χ3n) is 5.63. The molecule has 0 N–H and O–H groups in total. The van der Waals surface area contributed by atoms with Gasteiger partial charge in [-0.2, -0.15) is 4.68 Å². The van der Waals surface area contributed by atoms with Crippen molar-refractivity contribution in [2.45, 2.75) is 32.7 Å². The van der Waals surface area contributed by atoms with Crippen LogP contribution in [0.4, 0.5) is 0 Å². The van der Waals surface area contributed by atoms with Gasteiger partial charge in [0.05, 0.1) is 12.2 Å². The Morgan fingerprint density at radius 2 is 1.61 bits per heavy atom. The highest BCUT2D eigenvalue weighted by atomic mass is 35.5. The predicted octanol–water partition coefficient (Wildman–Crippen LogP) is 3.57. The zero-order chi connectivity index (χ0) is 22.0. The molecule has 7 nitrogen and oxygen atoms in total. The Kier molecular flexibility index (Phi) is 6.07. The second-order valence-corrected chi connectivity index (χ2v) is 9.32. The molecule has 1 aromatic heterocycles. The van der Waals surface area contributed by atoms with Crippen LogP contribution in [0.25, 0.3) is 5.69 Å². The van der Waals surface area contributed by atoms with Gasteiger partial charge in [0.15, 0.2) is 5.82 Å². The fraction of sp³-hybridized carbons (Fsp3) is 0.391. The number of halogens is 1. The van der Waals surface area contributed by atoms with Crippen molar-refractivity contribution < 1.29 is 4.79 Å². The first-order valence-corrected chi connectivity index (χ1v) is 10.8. The lowest BCUT2D eigenvalue weighted by Gasteiger charge is -2.34. The molecule has 0 bridgehead atoms. The van der Waals surface area contributed by atoms with E-state index in [9.17, 15) is 4.79 Å². The maximum atomic E-state index is 12.9. The summed E-state index contributed by atoms with van der Waals surface area (Å²) in [6.45, 7) is 10.1. The molecule has 162 valence electrons. The van der Waals surface area contributed by atoms with Crippen LogP contribution < -0.4 is 0 Å². The molecule has 0 unspecified atom stereocenters. The fourth-order valence-electron chi connectivity index (χ4n) is 3.69. The predicted molar refractivity (Wildman–Crippen MR) is 120 cm³/mol. The molecule has 0 atom stereocenters. The topological polar surface area (TPSA) is 67.2 Å². The van der Waals surface area contributed by atoms with Crippen molar-refractivity contribution >= 4 is 17.5 Å². The Morgan fingerprint density at radius 3 is 2.23 bits per heavy atom. The average molecular weight is 439 g/mol. The summed E-state index contributed by atoms with van der Waals surface area (Å²) in [6, 6.07) is 15.4. The van der Waals surface area contributed by atoms with Crippen LogP contribution in [0.3, 0.4) is 0 Å². The summed E-state index contributed by atoms with van der Waals surface area (Å²) >= 11 is 5.98. The molecule has 31 heavy (non-hydrogen) atoms. The Balaban J connectivity index is 1.36. The van der Waals surface area contributed by atoms with E-state index in [0.717, 1.165) is 30.2 Å². The monoisotopic (exact) mass is 438 g/mol. The number of benzene rings is 2. The van der Waals surface area contributed by atoms with Crippen molar-refractivity contribution in [3.63, 3.8) is 0 Å². The number of aromatic nitrogens is 4. The summed E-state index contributed by atoms with van der Waals surface area (Å²) in [5, 5.41) is 12.8. The summed E-state index contributed by atoms with van der Waals surface area (Å²) in [5.74, 6) is 0.853. The molecule has 0 aliphatic carbocycles. The van der Waals surface area contributed by atoms with E-state index in [1.807, 2.05) is 41.3 Å². The van der Waals surface area contributed by atoms with Crippen molar-refractivity contribution in [3.05, 3.63) is 70.5 Å². The fourth-order valence-corrected chi connectivity index (χ4v) is 3.82. The number of hydrogen-bond donors (Lipinski definition) is 0. The van der Waals surface area contributed by atoms with Crippen LogP contribution in [-0.4, -0.2) is 62.1 Å². The van der Waals surface area contributed by atoms with Crippen LogP contribution in [0.2, 0.25) is 5.02 Å². The second-order valence-electron chi connectivity index (χ2n) is 8.88. The van der Waals surface area contributed by atoms with Crippen molar-refractivity contribution in [1.29, 1.82) is 0 Å². The summed E-state index contributed by atoms with van der Waals surface area (Å²) in [4.78, 5) is 17.1. The smallest absolute Gasteiger partial charge is 0.253 e. The second kappa shape index (κ2) is 8.77. The highest BCUT2D eigenvalue weighted by Gasteiger charge is 2.24. The summed E-state index contributed by atoms with van der Waals surface area (Å²) in [6.07, 6.45) is 0.